The van der Waals surface area contributed by atoms with E-state index in [2.05, 4.69) is 33.6 Å². The quantitative estimate of drug-likeness (QED) is 0.191. The minimum atomic E-state index is -0.779. The molecular formula is C29H39N5O4. The van der Waals surface area contributed by atoms with Crippen LogP contribution in [0.2, 0.25) is 0 Å². The Morgan fingerprint density at radius 3 is 2.24 bits per heavy atom. The zero-order valence-electron chi connectivity index (χ0n) is 22.9. The lowest BCUT2D eigenvalue weighted by atomic mass is 9.96. The van der Waals surface area contributed by atoms with Crippen molar-refractivity contribution >= 4 is 11.6 Å². The molecule has 0 bridgehead atoms. The van der Waals surface area contributed by atoms with Crippen LogP contribution < -0.4 is 19.1 Å². The zero-order chi connectivity index (χ0) is 27.2. The second-order valence-corrected chi connectivity index (χ2v) is 8.97. The topological polar surface area (TPSA) is 102 Å². The van der Waals surface area contributed by atoms with E-state index in [1.54, 1.807) is 38.4 Å². The number of carbonyl (C=O) groups excluding carboxylic acids is 1. The molecule has 3 aromatic rings. The number of hydrogen-bond donors (Lipinski definition) is 1. The van der Waals surface area contributed by atoms with Gasteiger partial charge in [0.2, 0.25) is 5.91 Å². The van der Waals surface area contributed by atoms with E-state index < -0.39 is 5.92 Å². The van der Waals surface area contributed by atoms with Crippen molar-refractivity contribution in [2.75, 3.05) is 32.8 Å². The zero-order valence-corrected chi connectivity index (χ0v) is 22.9. The van der Waals surface area contributed by atoms with Gasteiger partial charge in [0.25, 0.3) is 0 Å². The molecule has 204 valence electrons. The third-order valence-electron chi connectivity index (χ3n) is 6.40. The van der Waals surface area contributed by atoms with Crippen LogP contribution >= 0.6 is 0 Å². The first-order valence-electron chi connectivity index (χ1n) is 13.2. The molecule has 1 N–H and O–H groups in total. The molecule has 3 rings (SSSR count). The molecule has 2 aromatic carbocycles. The number of nitrogens with zero attached hydrogens (tertiary/aromatic N) is 4. The van der Waals surface area contributed by atoms with Gasteiger partial charge < -0.3 is 19.1 Å². The summed E-state index contributed by atoms with van der Waals surface area (Å²) in [4.78, 5) is 16.0. The lowest BCUT2D eigenvalue weighted by molar-refractivity contribution is -0.119. The number of aromatic amines is 1. The third kappa shape index (κ3) is 7.57. The molecular weight excluding hydrogens is 482 g/mol. The number of methoxy groups -OCH3 is 3. The molecule has 9 heteroatoms. The first-order chi connectivity index (χ1) is 18.6. The van der Waals surface area contributed by atoms with Crippen molar-refractivity contribution in [1.29, 1.82) is 0 Å². The van der Waals surface area contributed by atoms with Crippen LogP contribution in [-0.2, 0) is 4.79 Å². The molecule has 0 spiro atoms. The molecule has 1 amide bonds. The molecule has 0 radical (unpaired) electrons. The summed E-state index contributed by atoms with van der Waals surface area (Å²) in [6.45, 7) is 2.54. The fraction of sp³-hybridized carbons (Fsp3) is 0.448. The van der Waals surface area contributed by atoms with E-state index in [0.29, 0.717) is 29.5 Å². The Bertz CT molecular complexity index is 1110. The Morgan fingerprint density at radius 1 is 0.947 bits per heavy atom. The summed E-state index contributed by atoms with van der Waals surface area (Å²) < 4.78 is 16.8. The van der Waals surface area contributed by atoms with Crippen molar-refractivity contribution in [3.05, 3.63) is 66.0 Å². The summed E-state index contributed by atoms with van der Waals surface area (Å²) in [6, 6.07) is 12.9. The van der Waals surface area contributed by atoms with Crippen LogP contribution in [0.1, 0.15) is 69.2 Å². The average Bonchev–Trinajstić information content (AvgIpc) is 3.48. The van der Waals surface area contributed by atoms with Gasteiger partial charge >= 0.3 is 0 Å². The molecule has 38 heavy (non-hydrogen) atoms. The second kappa shape index (κ2) is 15.4. The Kier molecular flexibility index (Phi) is 11.6. The fourth-order valence-corrected chi connectivity index (χ4v) is 4.38. The summed E-state index contributed by atoms with van der Waals surface area (Å²) >= 11 is 0. The van der Waals surface area contributed by atoms with Crippen LogP contribution in [0.25, 0.3) is 0 Å². The predicted molar refractivity (Wildman–Crippen MR) is 148 cm³/mol. The van der Waals surface area contributed by atoms with Gasteiger partial charge in [-0.05, 0) is 18.4 Å². The summed E-state index contributed by atoms with van der Waals surface area (Å²) in [5.74, 6) is 0.750. The summed E-state index contributed by atoms with van der Waals surface area (Å²) in [5.41, 5.74) is 1.26. The van der Waals surface area contributed by atoms with Gasteiger partial charge in [-0.15, -0.1) is 10.2 Å². The minimum absolute atomic E-state index is 0.233. The van der Waals surface area contributed by atoms with Gasteiger partial charge in [0.15, 0.2) is 5.82 Å². The van der Waals surface area contributed by atoms with Crippen molar-refractivity contribution in [1.82, 2.24) is 20.6 Å². The van der Waals surface area contributed by atoms with Gasteiger partial charge in [-0.25, -0.2) is 0 Å². The van der Waals surface area contributed by atoms with E-state index in [1.165, 1.54) is 32.1 Å². The number of aromatic nitrogens is 4. The van der Waals surface area contributed by atoms with Crippen LogP contribution in [0.3, 0.4) is 0 Å². The van der Waals surface area contributed by atoms with Gasteiger partial charge in [0.05, 0.1) is 21.3 Å². The van der Waals surface area contributed by atoms with Crippen molar-refractivity contribution in [2.24, 2.45) is 0 Å². The number of benzene rings is 2. The number of tetrazole rings is 1. The Labute approximate surface area is 225 Å². The summed E-state index contributed by atoms with van der Waals surface area (Å²) in [7, 11) is 4.69. The highest BCUT2D eigenvalue weighted by molar-refractivity contribution is 6.02. The molecule has 1 unspecified atom stereocenters. The van der Waals surface area contributed by atoms with E-state index in [-0.39, 0.29) is 11.7 Å². The molecule has 0 saturated heterocycles. The van der Waals surface area contributed by atoms with Gasteiger partial charge in [-0.2, -0.15) is 5.21 Å². The van der Waals surface area contributed by atoms with Gasteiger partial charge in [-0.3, -0.25) is 4.79 Å². The van der Waals surface area contributed by atoms with Crippen molar-refractivity contribution < 1.29 is 19.0 Å². The Balaban J connectivity index is 1.95. The van der Waals surface area contributed by atoms with Gasteiger partial charge in [0, 0.05) is 18.7 Å². The lowest BCUT2D eigenvalue weighted by Crippen LogP contribution is -2.37. The number of rotatable bonds is 16. The van der Waals surface area contributed by atoms with E-state index in [0.717, 1.165) is 18.4 Å². The number of hydrogen-bond acceptors (Lipinski definition) is 7. The first-order valence-corrected chi connectivity index (χ1v) is 13.2. The number of carbonyl (C=O) groups is 1. The number of allylic oxidation sites excluding steroid dienone is 1. The van der Waals surface area contributed by atoms with Crippen molar-refractivity contribution in [3.63, 3.8) is 0 Å². The number of H-pyrrole nitrogens is 1. The standard InChI is InChI=1S/C29H39N5O4/c1-5-6-7-8-9-10-11-12-16-19-34(27-24(37-3)20-23(36-2)21-25(27)38-4)29(35)26(28-30-32-33-31-28)22-17-14-13-15-18-22/h12-18,20-21,26H,5-11,19H2,1-4H3,(H,30,31,32,33). The van der Waals surface area contributed by atoms with Crippen LogP contribution in [0.15, 0.2) is 54.6 Å². The molecule has 1 heterocycles. The Hall–Kier alpha value is -3.88. The number of amides is 1. The number of unbranched alkanes of at least 4 members (excludes halogenated alkanes) is 6. The lowest BCUT2D eigenvalue weighted by Gasteiger charge is -2.28. The van der Waals surface area contributed by atoms with Crippen LogP contribution in [0.4, 0.5) is 5.69 Å². The van der Waals surface area contributed by atoms with Crippen LogP contribution in [0, 0.1) is 0 Å². The number of anilines is 1. The molecule has 1 atom stereocenters. The van der Waals surface area contributed by atoms with Gasteiger partial charge in [-0.1, -0.05) is 86.7 Å². The molecule has 9 nitrogen and oxygen atoms in total. The molecule has 0 saturated carbocycles. The number of ether oxygens (including phenoxy) is 3. The van der Waals surface area contributed by atoms with Crippen LogP contribution in [-0.4, -0.2) is 54.4 Å². The largest absolute Gasteiger partial charge is 0.496 e. The second-order valence-electron chi connectivity index (χ2n) is 8.97. The minimum Gasteiger partial charge on any atom is -0.496 e. The first kappa shape index (κ1) is 28.7. The van der Waals surface area contributed by atoms with Crippen LogP contribution in [0.5, 0.6) is 17.2 Å². The normalized spacial score (nSPS) is 11.9. The number of nitrogens with one attached hydrogen (secondary N) is 1. The SMILES string of the molecule is CCCCCCCCC=CCN(C(=O)C(c1ccccc1)c1nn[nH]n1)c1c(OC)cc(OC)cc1OC. The average molecular weight is 522 g/mol. The van der Waals surface area contributed by atoms with E-state index in [9.17, 15) is 4.79 Å². The molecule has 0 aliphatic heterocycles. The molecule has 0 aliphatic rings. The van der Waals surface area contributed by atoms with Crippen molar-refractivity contribution in [3.8, 4) is 17.2 Å². The highest BCUT2D eigenvalue weighted by atomic mass is 16.5. The molecule has 1 aromatic heterocycles. The van der Waals surface area contributed by atoms with E-state index >= 15 is 0 Å². The fourth-order valence-electron chi connectivity index (χ4n) is 4.38. The van der Waals surface area contributed by atoms with E-state index in [4.69, 9.17) is 14.2 Å². The smallest absolute Gasteiger partial charge is 0.242 e. The maximum absolute atomic E-state index is 14.3. The molecule has 0 fully saturated rings. The van der Waals surface area contributed by atoms with Gasteiger partial charge in [0.1, 0.15) is 28.9 Å². The van der Waals surface area contributed by atoms with Crippen molar-refractivity contribution in [2.45, 2.75) is 57.8 Å². The maximum atomic E-state index is 14.3. The third-order valence-corrected chi connectivity index (χ3v) is 6.40. The maximum Gasteiger partial charge on any atom is 0.242 e. The Morgan fingerprint density at radius 2 is 1.63 bits per heavy atom. The summed E-state index contributed by atoms with van der Waals surface area (Å²) in [5, 5.41) is 14.5. The highest BCUT2D eigenvalue weighted by Crippen LogP contribution is 2.43. The van der Waals surface area contributed by atoms with E-state index in [1.807, 2.05) is 36.4 Å². The highest BCUT2D eigenvalue weighted by Gasteiger charge is 2.34. The molecule has 0 aliphatic carbocycles. The predicted octanol–water partition coefficient (Wildman–Crippen LogP) is 5.70. The monoisotopic (exact) mass is 521 g/mol. The summed E-state index contributed by atoms with van der Waals surface area (Å²) in [6.07, 6.45) is 12.5.